The van der Waals surface area contributed by atoms with Gasteiger partial charge in [0.25, 0.3) is 5.56 Å². The molecule has 0 unspecified atom stereocenters. The van der Waals surface area contributed by atoms with E-state index in [-0.39, 0.29) is 11.0 Å². The molecule has 0 aliphatic rings. The minimum Gasteiger partial charge on any atom is -0.494 e. The summed E-state index contributed by atoms with van der Waals surface area (Å²) in [5.74, 6) is 1.34. The van der Waals surface area contributed by atoms with Crippen molar-refractivity contribution in [3.8, 4) is 17.1 Å². The van der Waals surface area contributed by atoms with Crippen LogP contribution in [0.3, 0.4) is 0 Å². The van der Waals surface area contributed by atoms with Crippen LogP contribution in [0.5, 0.6) is 5.75 Å². The highest BCUT2D eigenvalue weighted by Gasteiger charge is 2.14. The second-order valence-electron chi connectivity index (χ2n) is 7.87. The predicted octanol–water partition coefficient (Wildman–Crippen LogP) is 4.06. The Morgan fingerprint density at radius 3 is 2.34 bits per heavy atom. The Kier molecular flexibility index (Phi) is 4.96. The van der Waals surface area contributed by atoms with E-state index in [1.165, 1.54) is 21.4 Å². The highest BCUT2D eigenvalue weighted by molar-refractivity contribution is 7.15. The number of hydrogen-bond donors (Lipinski definition) is 0. The van der Waals surface area contributed by atoms with Crippen molar-refractivity contribution in [2.24, 2.45) is 0 Å². The molecule has 0 amide bonds. The summed E-state index contributed by atoms with van der Waals surface area (Å²) in [4.78, 5) is 17.9. The number of ether oxygens (including phenoxy) is 1. The van der Waals surface area contributed by atoms with E-state index in [1.54, 1.807) is 0 Å². The fourth-order valence-electron chi connectivity index (χ4n) is 3.05. The van der Waals surface area contributed by atoms with E-state index in [2.05, 4.69) is 43.0 Å². The second kappa shape index (κ2) is 7.44. The normalized spacial score (nSPS) is 12.6. The Hall–Kier alpha value is -2.99. The lowest BCUT2D eigenvalue weighted by molar-refractivity contribution is 0.340. The maximum Gasteiger partial charge on any atom is 0.291 e. The van der Waals surface area contributed by atoms with E-state index < -0.39 is 0 Å². The van der Waals surface area contributed by atoms with Crippen LogP contribution in [0.15, 0.2) is 53.3 Å². The number of rotatable bonds is 4. The van der Waals surface area contributed by atoms with Gasteiger partial charge in [-0.05, 0) is 53.8 Å². The molecule has 2 heterocycles. The van der Waals surface area contributed by atoms with Crippen LogP contribution < -0.4 is 14.8 Å². The van der Waals surface area contributed by atoms with Gasteiger partial charge in [0, 0.05) is 5.56 Å². The monoisotopic (exact) mass is 405 g/mol. The first-order valence-corrected chi connectivity index (χ1v) is 10.4. The molecule has 0 aliphatic carbocycles. The number of nitrogens with zero attached hydrogens (tertiary/aromatic N) is 3. The molecule has 29 heavy (non-hydrogen) atoms. The first-order chi connectivity index (χ1) is 13.8. The van der Waals surface area contributed by atoms with Gasteiger partial charge in [0.1, 0.15) is 5.75 Å². The van der Waals surface area contributed by atoms with Gasteiger partial charge in [-0.2, -0.15) is 9.50 Å². The van der Waals surface area contributed by atoms with Crippen LogP contribution in [0.4, 0.5) is 0 Å². The summed E-state index contributed by atoms with van der Waals surface area (Å²) >= 11 is 1.35. The van der Waals surface area contributed by atoms with Crippen molar-refractivity contribution < 1.29 is 4.74 Å². The van der Waals surface area contributed by atoms with Crippen LogP contribution in [0, 0.1) is 0 Å². The molecule has 0 fully saturated rings. The zero-order chi connectivity index (χ0) is 20.6. The lowest BCUT2D eigenvalue weighted by atomic mass is 9.87. The lowest BCUT2D eigenvalue weighted by Gasteiger charge is -2.18. The highest BCUT2D eigenvalue weighted by atomic mass is 32.1. The van der Waals surface area contributed by atoms with Crippen LogP contribution in [0.25, 0.3) is 22.4 Å². The van der Waals surface area contributed by atoms with E-state index in [9.17, 15) is 4.79 Å². The Bertz CT molecular complexity index is 1250. The molecule has 0 atom stereocenters. The first kappa shape index (κ1) is 19.3. The van der Waals surface area contributed by atoms with Gasteiger partial charge in [-0.25, -0.2) is 0 Å². The number of aromatic nitrogens is 3. The number of fused-ring (bicyclic) bond motifs is 1. The van der Waals surface area contributed by atoms with Gasteiger partial charge in [0.15, 0.2) is 5.82 Å². The molecular weight excluding hydrogens is 382 g/mol. The molecule has 0 bridgehead atoms. The van der Waals surface area contributed by atoms with Gasteiger partial charge in [0.2, 0.25) is 4.96 Å². The smallest absolute Gasteiger partial charge is 0.291 e. The third-order valence-corrected chi connectivity index (χ3v) is 5.64. The molecule has 0 radical (unpaired) electrons. The van der Waals surface area contributed by atoms with E-state index in [4.69, 9.17) is 4.74 Å². The van der Waals surface area contributed by atoms with E-state index in [1.807, 2.05) is 49.4 Å². The third-order valence-electron chi connectivity index (χ3n) is 4.68. The van der Waals surface area contributed by atoms with Crippen molar-refractivity contribution in [2.45, 2.75) is 33.1 Å². The average molecular weight is 406 g/mol. The maximum atomic E-state index is 12.8. The van der Waals surface area contributed by atoms with Crippen molar-refractivity contribution in [3.05, 3.63) is 74.5 Å². The zero-order valence-corrected chi connectivity index (χ0v) is 17.8. The van der Waals surface area contributed by atoms with Gasteiger partial charge in [-0.15, -0.1) is 5.10 Å². The predicted molar refractivity (Wildman–Crippen MR) is 118 cm³/mol. The Labute approximate surface area is 173 Å². The molecule has 148 valence electrons. The van der Waals surface area contributed by atoms with Crippen molar-refractivity contribution >= 4 is 22.4 Å². The van der Waals surface area contributed by atoms with E-state index in [0.717, 1.165) is 16.9 Å². The van der Waals surface area contributed by atoms with Gasteiger partial charge in [0.05, 0.1) is 11.1 Å². The molecule has 2 aromatic heterocycles. The summed E-state index contributed by atoms with van der Waals surface area (Å²) in [6, 6.07) is 15.9. The highest BCUT2D eigenvalue weighted by Crippen LogP contribution is 2.23. The van der Waals surface area contributed by atoms with Crippen molar-refractivity contribution in [3.63, 3.8) is 0 Å². The van der Waals surface area contributed by atoms with Crippen LogP contribution in [-0.4, -0.2) is 21.2 Å². The van der Waals surface area contributed by atoms with E-state index >= 15 is 0 Å². The van der Waals surface area contributed by atoms with Crippen LogP contribution in [0.1, 0.15) is 38.8 Å². The average Bonchev–Trinajstić information content (AvgIpc) is 3.22. The van der Waals surface area contributed by atoms with Crippen molar-refractivity contribution in [1.82, 2.24) is 14.6 Å². The SMILES string of the molecule is CCOc1ccc(-c2nc3sc(=Cc4ccc(C(C)(C)C)cc4)c(=O)n3n2)cc1. The topological polar surface area (TPSA) is 56.5 Å². The quantitative estimate of drug-likeness (QED) is 0.514. The molecule has 0 spiro atoms. The Morgan fingerprint density at radius 2 is 1.76 bits per heavy atom. The van der Waals surface area contributed by atoms with Gasteiger partial charge >= 0.3 is 0 Å². The van der Waals surface area contributed by atoms with Gasteiger partial charge < -0.3 is 4.74 Å². The summed E-state index contributed by atoms with van der Waals surface area (Å²) in [5.41, 5.74) is 3.07. The van der Waals surface area contributed by atoms with Crippen LogP contribution in [-0.2, 0) is 5.41 Å². The van der Waals surface area contributed by atoms with Gasteiger partial charge in [-0.1, -0.05) is 56.4 Å². The summed E-state index contributed by atoms with van der Waals surface area (Å²) in [6.07, 6.45) is 1.90. The fraction of sp³-hybridized carbons (Fsp3) is 0.261. The summed E-state index contributed by atoms with van der Waals surface area (Å²) in [7, 11) is 0. The summed E-state index contributed by atoms with van der Waals surface area (Å²) < 4.78 is 7.47. The molecule has 0 saturated carbocycles. The number of thiazole rings is 1. The van der Waals surface area contributed by atoms with Crippen LogP contribution in [0.2, 0.25) is 0 Å². The minimum absolute atomic E-state index is 0.104. The number of benzene rings is 2. The van der Waals surface area contributed by atoms with Crippen molar-refractivity contribution in [2.75, 3.05) is 6.61 Å². The largest absolute Gasteiger partial charge is 0.494 e. The first-order valence-electron chi connectivity index (χ1n) is 9.60. The van der Waals surface area contributed by atoms with Gasteiger partial charge in [-0.3, -0.25) is 4.79 Å². The summed E-state index contributed by atoms with van der Waals surface area (Å²) in [5, 5.41) is 4.41. The molecule has 2 aromatic carbocycles. The second-order valence-corrected chi connectivity index (χ2v) is 8.88. The van der Waals surface area contributed by atoms with Crippen LogP contribution >= 0.6 is 11.3 Å². The molecule has 4 rings (SSSR count). The zero-order valence-electron chi connectivity index (χ0n) is 17.0. The fourth-order valence-corrected chi connectivity index (χ4v) is 3.96. The molecule has 6 heteroatoms. The minimum atomic E-state index is -0.144. The van der Waals surface area contributed by atoms with Crippen molar-refractivity contribution in [1.29, 1.82) is 0 Å². The molecule has 0 saturated heterocycles. The lowest BCUT2D eigenvalue weighted by Crippen LogP contribution is -2.23. The molecule has 5 nitrogen and oxygen atoms in total. The Morgan fingerprint density at radius 1 is 1.07 bits per heavy atom. The summed E-state index contributed by atoms with van der Waals surface area (Å²) in [6.45, 7) is 9.12. The standard InChI is InChI=1S/C23H23N3O2S/c1-5-28-18-12-8-16(9-13-18)20-24-22-26(25-20)21(27)19(29-22)14-15-6-10-17(11-7-15)23(2,3)4/h6-14H,5H2,1-4H3. The maximum absolute atomic E-state index is 12.8. The van der Waals surface area contributed by atoms with E-state index in [0.29, 0.717) is 21.9 Å². The Balaban J connectivity index is 1.66. The number of hydrogen-bond acceptors (Lipinski definition) is 5. The molecule has 4 aromatic rings. The molecular formula is C23H23N3O2S. The third kappa shape index (κ3) is 3.93. The molecule has 0 N–H and O–H groups in total. The molecule has 0 aliphatic heterocycles.